The molecule has 1 aliphatic heterocycles. The van der Waals surface area contributed by atoms with Crippen LogP contribution < -0.4 is 9.64 Å². The molecule has 0 fully saturated rings. The van der Waals surface area contributed by atoms with Crippen molar-refractivity contribution in [2.45, 2.75) is 4.90 Å². The quantitative estimate of drug-likeness (QED) is 0.800. The number of hydrogen-bond donors (Lipinski definition) is 0. The van der Waals surface area contributed by atoms with Crippen LogP contribution in [0.15, 0.2) is 41.3 Å². The summed E-state index contributed by atoms with van der Waals surface area (Å²) in [5.41, 5.74) is 0.508. The molecule has 1 heterocycles. The number of benzene rings is 2. The van der Waals surface area contributed by atoms with E-state index in [-0.39, 0.29) is 18.3 Å². The second-order valence-corrected chi connectivity index (χ2v) is 5.92. The molecule has 1 amide bonds. The Morgan fingerprint density at radius 3 is 2.74 bits per heavy atom. The molecule has 0 saturated heterocycles. The summed E-state index contributed by atoms with van der Waals surface area (Å²) in [6, 6.07) is 7.47. The van der Waals surface area contributed by atoms with E-state index in [0.29, 0.717) is 22.9 Å². The molecule has 2 aromatic rings. The number of nitrogens with zero attached hydrogens (tertiary/aromatic N) is 1. The first-order valence-electron chi connectivity index (χ1n) is 6.85. The summed E-state index contributed by atoms with van der Waals surface area (Å²) >= 11 is 1.11. The number of carbonyl (C=O) groups is 1. The van der Waals surface area contributed by atoms with Gasteiger partial charge in [-0.2, -0.15) is 0 Å². The Hall–Kier alpha value is -2.15. The molecule has 0 saturated carbocycles. The van der Waals surface area contributed by atoms with Gasteiger partial charge in [0.1, 0.15) is 18.2 Å². The molecule has 0 atom stereocenters. The fourth-order valence-corrected chi connectivity index (χ4v) is 3.04. The van der Waals surface area contributed by atoms with Gasteiger partial charge in [-0.05, 0) is 30.3 Å². The number of hydrogen-bond acceptors (Lipinski definition) is 3. The summed E-state index contributed by atoms with van der Waals surface area (Å²) in [7, 11) is 0. The molecule has 0 N–H and O–H groups in total. The summed E-state index contributed by atoms with van der Waals surface area (Å²) < 4.78 is 44.6. The second kappa shape index (κ2) is 6.54. The van der Waals surface area contributed by atoms with Gasteiger partial charge in [0, 0.05) is 11.0 Å². The molecule has 2 aromatic carbocycles. The zero-order valence-corrected chi connectivity index (χ0v) is 12.7. The van der Waals surface area contributed by atoms with E-state index in [1.807, 2.05) is 0 Å². The maximum absolute atomic E-state index is 13.2. The molecule has 0 aromatic heterocycles. The van der Waals surface area contributed by atoms with Gasteiger partial charge in [0.25, 0.3) is 0 Å². The SMILES string of the molecule is O=C(CSc1ccc(F)c(F)c1)N1CCOc2cc(F)ccc21. The number of fused-ring (bicyclic) bond motifs is 1. The maximum atomic E-state index is 13.2. The molecule has 0 bridgehead atoms. The highest BCUT2D eigenvalue weighted by Crippen LogP contribution is 2.33. The predicted molar refractivity (Wildman–Crippen MR) is 81.3 cm³/mol. The van der Waals surface area contributed by atoms with Crippen LogP contribution in [0.5, 0.6) is 5.75 Å². The lowest BCUT2D eigenvalue weighted by Crippen LogP contribution is -2.39. The van der Waals surface area contributed by atoms with Crippen molar-refractivity contribution >= 4 is 23.4 Å². The van der Waals surface area contributed by atoms with Gasteiger partial charge in [-0.25, -0.2) is 13.2 Å². The van der Waals surface area contributed by atoms with Crippen molar-refractivity contribution < 1.29 is 22.7 Å². The third-order valence-corrected chi connectivity index (χ3v) is 4.32. The van der Waals surface area contributed by atoms with Crippen molar-refractivity contribution in [1.29, 1.82) is 0 Å². The van der Waals surface area contributed by atoms with Crippen LogP contribution in [-0.2, 0) is 4.79 Å². The fourth-order valence-electron chi connectivity index (χ4n) is 2.24. The van der Waals surface area contributed by atoms with Crippen LogP contribution in [0.3, 0.4) is 0 Å². The van der Waals surface area contributed by atoms with Gasteiger partial charge in [0.15, 0.2) is 11.6 Å². The van der Waals surface area contributed by atoms with E-state index < -0.39 is 17.5 Å². The van der Waals surface area contributed by atoms with Gasteiger partial charge in [0.2, 0.25) is 5.91 Å². The first-order valence-corrected chi connectivity index (χ1v) is 7.84. The minimum atomic E-state index is -0.949. The third-order valence-electron chi connectivity index (χ3n) is 3.34. The highest BCUT2D eigenvalue weighted by molar-refractivity contribution is 8.00. The highest BCUT2D eigenvalue weighted by atomic mass is 32.2. The zero-order chi connectivity index (χ0) is 16.4. The maximum Gasteiger partial charge on any atom is 0.237 e. The van der Waals surface area contributed by atoms with E-state index in [0.717, 1.165) is 23.9 Å². The number of thioether (sulfide) groups is 1. The average molecular weight is 339 g/mol. The van der Waals surface area contributed by atoms with Gasteiger partial charge in [0.05, 0.1) is 18.0 Å². The number of ether oxygens (including phenoxy) is 1. The zero-order valence-electron chi connectivity index (χ0n) is 11.9. The van der Waals surface area contributed by atoms with Gasteiger partial charge >= 0.3 is 0 Å². The Morgan fingerprint density at radius 2 is 1.96 bits per heavy atom. The number of halogens is 3. The summed E-state index contributed by atoms with van der Waals surface area (Å²) in [4.78, 5) is 14.3. The molecule has 0 aliphatic carbocycles. The van der Waals surface area contributed by atoms with Crippen LogP contribution in [0, 0.1) is 17.5 Å². The Kier molecular flexibility index (Phi) is 4.47. The number of amides is 1. The molecule has 23 heavy (non-hydrogen) atoms. The monoisotopic (exact) mass is 339 g/mol. The van der Waals surface area contributed by atoms with Gasteiger partial charge < -0.3 is 9.64 Å². The molecular formula is C16H12F3NO2S. The molecule has 1 aliphatic rings. The molecule has 0 radical (unpaired) electrons. The van der Waals surface area contributed by atoms with E-state index in [4.69, 9.17) is 4.74 Å². The first kappa shape index (κ1) is 15.7. The van der Waals surface area contributed by atoms with Crippen LogP contribution in [0.4, 0.5) is 18.9 Å². The van der Waals surface area contributed by atoms with Crippen molar-refractivity contribution in [3.63, 3.8) is 0 Å². The van der Waals surface area contributed by atoms with Crippen LogP contribution in [0.2, 0.25) is 0 Å². The lowest BCUT2D eigenvalue weighted by Gasteiger charge is -2.29. The van der Waals surface area contributed by atoms with E-state index in [1.165, 1.54) is 29.2 Å². The fraction of sp³-hybridized carbons (Fsp3) is 0.188. The van der Waals surface area contributed by atoms with Gasteiger partial charge in [-0.1, -0.05) is 0 Å². The van der Waals surface area contributed by atoms with E-state index in [2.05, 4.69) is 0 Å². The van der Waals surface area contributed by atoms with Crippen molar-refractivity contribution in [3.8, 4) is 5.75 Å². The van der Waals surface area contributed by atoms with Crippen LogP contribution in [-0.4, -0.2) is 24.8 Å². The second-order valence-electron chi connectivity index (χ2n) is 4.87. The Balaban J connectivity index is 1.71. The van der Waals surface area contributed by atoms with E-state index in [9.17, 15) is 18.0 Å². The third kappa shape index (κ3) is 3.44. The first-order chi connectivity index (χ1) is 11.0. The minimum Gasteiger partial charge on any atom is -0.489 e. The summed E-state index contributed by atoms with van der Waals surface area (Å²) in [5, 5.41) is 0. The highest BCUT2D eigenvalue weighted by Gasteiger charge is 2.24. The van der Waals surface area contributed by atoms with Crippen molar-refractivity contribution in [2.75, 3.05) is 23.8 Å². The summed E-state index contributed by atoms with van der Waals surface area (Å²) in [6.07, 6.45) is 0. The van der Waals surface area contributed by atoms with Crippen molar-refractivity contribution in [3.05, 3.63) is 53.8 Å². The van der Waals surface area contributed by atoms with Crippen LogP contribution in [0.25, 0.3) is 0 Å². The normalized spacial score (nSPS) is 13.4. The summed E-state index contributed by atoms with van der Waals surface area (Å²) in [6.45, 7) is 0.633. The number of carbonyl (C=O) groups excluding carboxylic acids is 1. The Labute approximate surface area is 135 Å². The topological polar surface area (TPSA) is 29.5 Å². The number of rotatable bonds is 3. The van der Waals surface area contributed by atoms with Crippen LogP contribution in [0.1, 0.15) is 0 Å². The minimum absolute atomic E-state index is 0.0574. The van der Waals surface area contributed by atoms with E-state index in [1.54, 1.807) is 0 Å². The average Bonchev–Trinajstić information content (AvgIpc) is 2.54. The van der Waals surface area contributed by atoms with Crippen molar-refractivity contribution in [1.82, 2.24) is 0 Å². The molecule has 120 valence electrons. The Morgan fingerprint density at radius 1 is 1.13 bits per heavy atom. The molecule has 0 spiro atoms. The van der Waals surface area contributed by atoms with Crippen LogP contribution >= 0.6 is 11.8 Å². The molecule has 3 rings (SSSR count). The molecular weight excluding hydrogens is 327 g/mol. The molecule has 3 nitrogen and oxygen atoms in total. The van der Waals surface area contributed by atoms with E-state index >= 15 is 0 Å². The largest absolute Gasteiger partial charge is 0.489 e. The Bertz CT molecular complexity index is 754. The van der Waals surface area contributed by atoms with Gasteiger partial charge in [-0.15, -0.1) is 11.8 Å². The molecule has 0 unspecified atom stereocenters. The predicted octanol–water partition coefficient (Wildman–Crippen LogP) is 3.62. The smallest absolute Gasteiger partial charge is 0.237 e. The summed E-state index contributed by atoms with van der Waals surface area (Å²) in [5.74, 6) is -2.14. The number of anilines is 1. The van der Waals surface area contributed by atoms with Crippen molar-refractivity contribution in [2.24, 2.45) is 0 Å². The van der Waals surface area contributed by atoms with Gasteiger partial charge in [-0.3, -0.25) is 4.79 Å². The standard InChI is InChI=1S/C16H12F3NO2S/c17-10-1-4-14-15(7-10)22-6-5-20(14)16(21)9-23-11-2-3-12(18)13(19)8-11/h1-4,7-8H,5-6,9H2. The molecule has 7 heteroatoms. The lowest BCUT2D eigenvalue weighted by atomic mass is 10.2. The lowest BCUT2D eigenvalue weighted by molar-refractivity contribution is -0.116.